The average Bonchev–Trinajstić information content (AvgIpc) is 3.16. The van der Waals surface area contributed by atoms with Crippen LogP contribution in [0.15, 0.2) is 0 Å². The summed E-state index contributed by atoms with van der Waals surface area (Å²) in [6.07, 6.45) is 3.44. The third-order valence-electron chi connectivity index (χ3n) is 5.25. The summed E-state index contributed by atoms with van der Waals surface area (Å²) in [4.78, 5) is 36.5. The lowest BCUT2D eigenvalue weighted by atomic mass is 9.84. The van der Waals surface area contributed by atoms with Gasteiger partial charge in [0.05, 0.1) is 12.0 Å². The number of carbonyl (C=O) groups is 3. The van der Waals surface area contributed by atoms with Crippen LogP contribution < -0.4 is 0 Å². The van der Waals surface area contributed by atoms with Crippen LogP contribution in [0.4, 0.5) is 0 Å². The van der Waals surface area contributed by atoms with E-state index in [-0.39, 0.29) is 37.3 Å². The number of phosphoric ester groups is 1. The first-order valence-corrected chi connectivity index (χ1v) is 12.3. The quantitative estimate of drug-likeness (QED) is 0.281. The number of esters is 2. The van der Waals surface area contributed by atoms with Gasteiger partial charge in [0.1, 0.15) is 12.2 Å². The molecule has 0 radical (unpaired) electrons. The van der Waals surface area contributed by atoms with E-state index in [0.29, 0.717) is 6.42 Å². The molecule has 0 aromatic heterocycles. The summed E-state index contributed by atoms with van der Waals surface area (Å²) >= 11 is 0. The van der Waals surface area contributed by atoms with Crippen LogP contribution in [0.25, 0.3) is 0 Å². The van der Waals surface area contributed by atoms with Gasteiger partial charge in [0.15, 0.2) is 5.78 Å². The van der Waals surface area contributed by atoms with Gasteiger partial charge in [0, 0.05) is 18.3 Å². The maximum absolute atomic E-state index is 12.8. The second-order valence-electron chi connectivity index (χ2n) is 9.84. The van der Waals surface area contributed by atoms with E-state index in [9.17, 15) is 18.9 Å². The molecule has 9 nitrogen and oxygen atoms in total. The molecule has 2 rings (SSSR count). The molecule has 2 aliphatic rings. The summed E-state index contributed by atoms with van der Waals surface area (Å²) in [6, 6.07) is 0. The largest absolute Gasteiger partial charge is 0.478 e. The van der Waals surface area contributed by atoms with E-state index in [1.807, 2.05) is 0 Å². The highest BCUT2D eigenvalue weighted by Crippen LogP contribution is 2.57. The Bertz CT molecular complexity index is 704. The molecular weight excluding hydrogens is 427 g/mol. The fourth-order valence-corrected chi connectivity index (χ4v) is 4.87. The van der Waals surface area contributed by atoms with Gasteiger partial charge in [-0.25, -0.2) is 9.09 Å². The molecule has 1 aliphatic heterocycles. The van der Waals surface area contributed by atoms with Crippen LogP contribution in [0.5, 0.6) is 0 Å². The van der Waals surface area contributed by atoms with Crippen molar-refractivity contribution in [2.75, 3.05) is 13.4 Å². The summed E-state index contributed by atoms with van der Waals surface area (Å²) in [5, 5.41) is 0. The third-order valence-corrected chi connectivity index (χ3v) is 6.58. The Morgan fingerprint density at radius 1 is 1.10 bits per heavy atom. The lowest BCUT2D eigenvalue weighted by Gasteiger charge is -2.39. The van der Waals surface area contributed by atoms with Crippen LogP contribution in [-0.4, -0.2) is 43.3 Å². The lowest BCUT2D eigenvalue weighted by molar-refractivity contribution is -0.163. The topological polar surface area (TPSA) is 114 Å². The van der Waals surface area contributed by atoms with Crippen molar-refractivity contribution in [3.8, 4) is 0 Å². The zero-order valence-corrected chi connectivity index (χ0v) is 20.0. The number of hydrogen-bond acceptors (Lipinski definition) is 9. The SMILES string of the molecule is CC(C)(C)C(=O)OCOP1(=O)OCC(C)(C)[C@H](C(=O)CCCC(=O)OC2CCCC2)O1. The molecule has 1 saturated heterocycles. The van der Waals surface area contributed by atoms with Crippen LogP contribution >= 0.6 is 7.82 Å². The first-order valence-electron chi connectivity index (χ1n) is 10.8. The number of ether oxygens (including phenoxy) is 2. The van der Waals surface area contributed by atoms with E-state index in [2.05, 4.69) is 0 Å². The molecule has 0 N–H and O–H groups in total. The molecule has 2 fully saturated rings. The fraction of sp³-hybridized carbons (Fsp3) is 0.857. The van der Waals surface area contributed by atoms with Crippen LogP contribution in [0, 0.1) is 10.8 Å². The van der Waals surface area contributed by atoms with E-state index < -0.39 is 37.5 Å². The molecule has 31 heavy (non-hydrogen) atoms. The van der Waals surface area contributed by atoms with E-state index in [1.54, 1.807) is 34.6 Å². The van der Waals surface area contributed by atoms with Crippen molar-refractivity contribution in [2.45, 2.75) is 91.8 Å². The highest BCUT2D eigenvalue weighted by molar-refractivity contribution is 7.48. The Kier molecular flexibility index (Phi) is 8.85. The van der Waals surface area contributed by atoms with Crippen LogP contribution in [0.2, 0.25) is 0 Å². The third kappa shape index (κ3) is 7.97. The summed E-state index contributed by atoms with van der Waals surface area (Å²) in [6.45, 7) is 7.89. The van der Waals surface area contributed by atoms with Gasteiger partial charge in [-0.3, -0.25) is 23.4 Å². The lowest BCUT2D eigenvalue weighted by Crippen LogP contribution is -2.45. The number of ketones is 1. The van der Waals surface area contributed by atoms with Gasteiger partial charge in [-0.05, 0) is 52.9 Å². The van der Waals surface area contributed by atoms with E-state index in [1.165, 1.54) is 0 Å². The second kappa shape index (κ2) is 10.6. The Balaban J connectivity index is 1.83. The van der Waals surface area contributed by atoms with Gasteiger partial charge in [-0.2, -0.15) is 0 Å². The van der Waals surface area contributed by atoms with Gasteiger partial charge in [0.2, 0.25) is 6.79 Å². The first kappa shape index (κ1) is 26.0. The van der Waals surface area contributed by atoms with Gasteiger partial charge >= 0.3 is 19.8 Å². The van der Waals surface area contributed by atoms with Crippen molar-refractivity contribution < 1.29 is 42.0 Å². The van der Waals surface area contributed by atoms with Crippen molar-refractivity contribution in [1.82, 2.24) is 0 Å². The molecule has 2 atom stereocenters. The zero-order valence-electron chi connectivity index (χ0n) is 19.1. The van der Waals surface area contributed by atoms with Crippen LogP contribution in [0.3, 0.4) is 0 Å². The van der Waals surface area contributed by atoms with Crippen molar-refractivity contribution >= 4 is 25.5 Å². The summed E-state index contributed by atoms with van der Waals surface area (Å²) in [5.41, 5.74) is -1.48. The monoisotopic (exact) mass is 462 g/mol. The minimum absolute atomic E-state index is 0.00336. The first-order chi connectivity index (χ1) is 14.3. The Morgan fingerprint density at radius 2 is 1.74 bits per heavy atom. The second-order valence-corrected chi connectivity index (χ2v) is 11.5. The predicted molar refractivity (Wildman–Crippen MR) is 111 cm³/mol. The molecule has 0 aromatic carbocycles. The molecule has 10 heteroatoms. The van der Waals surface area contributed by atoms with E-state index in [4.69, 9.17) is 23.0 Å². The minimum Gasteiger partial charge on any atom is -0.462 e. The minimum atomic E-state index is -4.07. The van der Waals surface area contributed by atoms with Crippen molar-refractivity contribution in [3.63, 3.8) is 0 Å². The van der Waals surface area contributed by atoms with E-state index in [0.717, 1.165) is 25.7 Å². The van der Waals surface area contributed by atoms with Gasteiger partial charge in [0.25, 0.3) is 0 Å². The molecular formula is C21H35O9P. The average molecular weight is 462 g/mol. The maximum Gasteiger partial charge on any atom is 0.478 e. The molecule has 0 spiro atoms. The van der Waals surface area contributed by atoms with Gasteiger partial charge < -0.3 is 9.47 Å². The van der Waals surface area contributed by atoms with Gasteiger partial charge in [-0.1, -0.05) is 13.8 Å². The number of phosphoric acid groups is 1. The Morgan fingerprint density at radius 3 is 2.35 bits per heavy atom. The molecule has 1 unspecified atom stereocenters. The Labute approximate surface area is 184 Å². The standard InChI is InChI=1S/C21H35O9P/c1-20(2,3)19(24)26-14-28-31(25)27-13-21(4,5)18(30-31)16(22)11-8-12-17(23)29-15-9-6-7-10-15/h15,18H,6-14H2,1-5H3/t18-,31?/m0/s1. The molecule has 0 aromatic rings. The highest BCUT2D eigenvalue weighted by Gasteiger charge is 2.48. The number of hydrogen-bond donors (Lipinski definition) is 0. The Hall–Kier alpha value is -1.28. The maximum atomic E-state index is 12.8. The smallest absolute Gasteiger partial charge is 0.462 e. The molecule has 0 bridgehead atoms. The predicted octanol–water partition coefficient (Wildman–Crippen LogP) is 4.32. The van der Waals surface area contributed by atoms with E-state index >= 15 is 0 Å². The van der Waals surface area contributed by atoms with Gasteiger partial charge in [-0.15, -0.1) is 0 Å². The molecule has 1 aliphatic carbocycles. The highest BCUT2D eigenvalue weighted by atomic mass is 31.2. The molecule has 0 amide bonds. The number of carbonyl (C=O) groups excluding carboxylic acids is 3. The van der Waals surface area contributed by atoms with Crippen LogP contribution in [-0.2, 0) is 42.0 Å². The normalized spacial score (nSPS) is 26.4. The van der Waals surface area contributed by atoms with Crippen LogP contribution in [0.1, 0.15) is 79.6 Å². The van der Waals surface area contributed by atoms with Crippen molar-refractivity contribution in [1.29, 1.82) is 0 Å². The zero-order chi connectivity index (χ0) is 23.3. The summed E-state index contributed by atoms with van der Waals surface area (Å²) in [7, 11) is -4.07. The summed E-state index contributed by atoms with van der Waals surface area (Å²) < 4.78 is 38.8. The summed E-state index contributed by atoms with van der Waals surface area (Å²) in [5.74, 6) is -1.13. The molecule has 1 heterocycles. The molecule has 1 saturated carbocycles. The van der Waals surface area contributed by atoms with Crippen molar-refractivity contribution in [3.05, 3.63) is 0 Å². The number of Topliss-reactive ketones (excluding diaryl/α,β-unsaturated/α-hetero) is 1. The fourth-order valence-electron chi connectivity index (χ4n) is 3.34. The van der Waals surface area contributed by atoms with Crippen molar-refractivity contribution in [2.24, 2.45) is 10.8 Å². The molecule has 178 valence electrons. The number of rotatable bonds is 9.